The quantitative estimate of drug-likeness (QED) is 0.783. The summed E-state index contributed by atoms with van der Waals surface area (Å²) in [6.45, 7) is 3.57. The van der Waals surface area contributed by atoms with Crippen molar-refractivity contribution in [2.24, 2.45) is 5.92 Å². The van der Waals surface area contributed by atoms with Crippen LogP contribution in [-0.2, 0) is 14.3 Å². The van der Waals surface area contributed by atoms with E-state index in [9.17, 15) is 9.59 Å². The van der Waals surface area contributed by atoms with Crippen molar-refractivity contribution in [2.75, 3.05) is 32.8 Å². The summed E-state index contributed by atoms with van der Waals surface area (Å²) in [5.74, 6) is 0.465. The average molecular weight is 374 g/mol. The molecule has 7 heteroatoms. The average Bonchev–Trinajstić information content (AvgIpc) is 2.63. The van der Waals surface area contributed by atoms with E-state index in [4.69, 9.17) is 4.74 Å². The van der Waals surface area contributed by atoms with Crippen molar-refractivity contribution in [3.8, 4) is 0 Å². The molecule has 0 aromatic carbocycles. The van der Waals surface area contributed by atoms with Crippen molar-refractivity contribution in [1.29, 1.82) is 0 Å². The molecule has 144 valence electrons. The number of piperidine rings is 1. The first-order valence-corrected chi connectivity index (χ1v) is 9.61. The molecule has 2 amide bonds. The largest absolute Gasteiger partial charge is 0.378 e. The third kappa shape index (κ3) is 6.12. The minimum Gasteiger partial charge on any atom is -0.378 e. The zero-order chi connectivity index (χ0) is 16.8. The fourth-order valence-electron chi connectivity index (χ4n) is 4.05. The fraction of sp³-hybridized carbons (Fsp3) is 0.889. The Morgan fingerprint density at radius 2 is 1.80 bits per heavy atom. The van der Waals surface area contributed by atoms with Crippen LogP contribution < -0.4 is 10.6 Å². The molecule has 25 heavy (non-hydrogen) atoms. The normalized spacial score (nSPS) is 25.9. The van der Waals surface area contributed by atoms with E-state index in [1.54, 1.807) is 0 Å². The number of nitrogens with zero attached hydrogens (tertiary/aromatic N) is 1. The van der Waals surface area contributed by atoms with E-state index in [1.807, 2.05) is 4.90 Å². The number of rotatable bonds is 4. The number of hydrogen-bond donors (Lipinski definition) is 2. The third-order valence-corrected chi connectivity index (χ3v) is 5.59. The third-order valence-electron chi connectivity index (χ3n) is 5.59. The van der Waals surface area contributed by atoms with Gasteiger partial charge in [-0.3, -0.25) is 9.59 Å². The number of morpholine rings is 1. The Hall–Kier alpha value is -0.850. The second kappa shape index (κ2) is 10.3. The van der Waals surface area contributed by atoms with E-state index >= 15 is 0 Å². The molecule has 0 spiro atoms. The van der Waals surface area contributed by atoms with Crippen molar-refractivity contribution in [3.05, 3.63) is 0 Å². The summed E-state index contributed by atoms with van der Waals surface area (Å²) >= 11 is 0. The maximum absolute atomic E-state index is 12.4. The highest BCUT2D eigenvalue weighted by Gasteiger charge is 2.29. The van der Waals surface area contributed by atoms with Crippen LogP contribution in [0.15, 0.2) is 0 Å². The van der Waals surface area contributed by atoms with Gasteiger partial charge in [-0.05, 0) is 25.7 Å². The lowest BCUT2D eigenvalue weighted by Gasteiger charge is -2.34. The SMILES string of the molecule is Cl.O=C(NC1CCCCC1)C1CCN(C(=O)CC2COCCN2)CC1. The summed E-state index contributed by atoms with van der Waals surface area (Å²) < 4.78 is 5.40. The molecule has 2 N–H and O–H groups in total. The highest BCUT2D eigenvalue weighted by atomic mass is 35.5. The van der Waals surface area contributed by atoms with E-state index in [2.05, 4.69) is 10.6 Å². The standard InChI is InChI=1S/C18H31N3O3.ClH/c22-17(12-16-13-24-11-8-19-16)21-9-6-14(7-10-21)18(23)20-15-4-2-1-3-5-15;/h14-16,19H,1-13H2,(H,20,23);1H. The molecule has 0 radical (unpaired) electrons. The molecular formula is C18H32ClN3O3. The number of nitrogens with one attached hydrogen (secondary N) is 2. The molecule has 0 bridgehead atoms. The molecular weight excluding hydrogens is 342 g/mol. The predicted molar refractivity (Wildman–Crippen MR) is 98.8 cm³/mol. The van der Waals surface area contributed by atoms with Crippen molar-refractivity contribution in [1.82, 2.24) is 15.5 Å². The zero-order valence-electron chi connectivity index (χ0n) is 15.0. The number of hydrogen-bond acceptors (Lipinski definition) is 4. The van der Waals surface area contributed by atoms with Gasteiger partial charge in [-0.15, -0.1) is 12.4 Å². The second-order valence-electron chi connectivity index (χ2n) is 7.43. The van der Waals surface area contributed by atoms with Gasteiger partial charge in [0.15, 0.2) is 0 Å². The molecule has 1 atom stereocenters. The van der Waals surface area contributed by atoms with E-state index < -0.39 is 0 Å². The molecule has 6 nitrogen and oxygen atoms in total. The maximum atomic E-state index is 12.4. The number of carbonyl (C=O) groups excluding carboxylic acids is 2. The van der Waals surface area contributed by atoms with Crippen LogP contribution in [0.5, 0.6) is 0 Å². The van der Waals surface area contributed by atoms with Gasteiger partial charge in [0.2, 0.25) is 11.8 Å². The van der Waals surface area contributed by atoms with Crippen LogP contribution in [0.3, 0.4) is 0 Å². The highest BCUT2D eigenvalue weighted by Crippen LogP contribution is 2.21. The molecule has 1 aliphatic carbocycles. The molecule has 2 aliphatic heterocycles. The summed E-state index contributed by atoms with van der Waals surface area (Å²) in [7, 11) is 0. The van der Waals surface area contributed by atoms with E-state index in [1.165, 1.54) is 19.3 Å². The van der Waals surface area contributed by atoms with Gasteiger partial charge in [0, 0.05) is 44.1 Å². The minimum absolute atomic E-state index is 0. The van der Waals surface area contributed by atoms with Gasteiger partial charge in [0.25, 0.3) is 0 Å². The summed E-state index contributed by atoms with van der Waals surface area (Å²) in [5, 5.41) is 6.55. The lowest BCUT2D eigenvalue weighted by Crippen LogP contribution is -2.48. The van der Waals surface area contributed by atoms with Gasteiger partial charge in [-0.1, -0.05) is 19.3 Å². The molecule has 3 fully saturated rings. The molecule has 1 saturated carbocycles. The van der Waals surface area contributed by atoms with Gasteiger partial charge < -0.3 is 20.3 Å². The Balaban J connectivity index is 0.00000225. The van der Waals surface area contributed by atoms with Gasteiger partial charge in [-0.2, -0.15) is 0 Å². The van der Waals surface area contributed by atoms with Crippen molar-refractivity contribution in [2.45, 2.75) is 63.5 Å². The first-order valence-electron chi connectivity index (χ1n) is 9.61. The van der Waals surface area contributed by atoms with Crippen molar-refractivity contribution >= 4 is 24.2 Å². The summed E-state index contributed by atoms with van der Waals surface area (Å²) in [6.07, 6.45) is 8.09. The Labute approximate surface area is 156 Å². The number of likely N-dealkylation sites (tertiary alicyclic amines) is 1. The summed E-state index contributed by atoms with van der Waals surface area (Å²) in [6, 6.07) is 0.516. The lowest BCUT2D eigenvalue weighted by molar-refractivity contribution is -0.136. The van der Waals surface area contributed by atoms with Crippen LogP contribution in [0.2, 0.25) is 0 Å². The van der Waals surface area contributed by atoms with Gasteiger partial charge in [0.05, 0.1) is 13.2 Å². The molecule has 3 aliphatic rings. The molecule has 3 rings (SSSR count). The van der Waals surface area contributed by atoms with Crippen molar-refractivity contribution in [3.63, 3.8) is 0 Å². The smallest absolute Gasteiger partial charge is 0.224 e. The summed E-state index contributed by atoms with van der Waals surface area (Å²) in [5.41, 5.74) is 0. The van der Waals surface area contributed by atoms with Crippen LogP contribution in [0.4, 0.5) is 0 Å². The molecule has 2 heterocycles. The van der Waals surface area contributed by atoms with Gasteiger partial charge in [0.1, 0.15) is 0 Å². The highest BCUT2D eigenvalue weighted by molar-refractivity contribution is 5.85. The summed E-state index contributed by atoms with van der Waals surface area (Å²) in [4.78, 5) is 26.7. The number of ether oxygens (including phenoxy) is 1. The van der Waals surface area contributed by atoms with E-state index in [0.717, 1.165) is 38.8 Å². The lowest BCUT2D eigenvalue weighted by atomic mass is 9.92. The molecule has 1 unspecified atom stereocenters. The predicted octanol–water partition coefficient (Wildman–Crippen LogP) is 1.47. The number of halogens is 1. The first-order chi connectivity index (χ1) is 11.7. The zero-order valence-corrected chi connectivity index (χ0v) is 15.8. The Morgan fingerprint density at radius 1 is 1.08 bits per heavy atom. The van der Waals surface area contributed by atoms with Crippen molar-refractivity contribution < 1.29 is 14.3 Å². The molecule has 0 aromatic rings. The van der Waals surface area contributed by atoms with Crippen LogP contribution >= 0.6 is 12.4 Å². The Kier molecular flexibility index (Phi) is 8.46. The van der Waals surface area contributed by atoms with Crippen LogP contribution in [0, 0.1) is 5.92 Å². The van der Waals surface area contributed by atoms with E-state index in [0.29, 0.717) is 32.2 Å². The van der Waals surface area contributed by atoms with Crippen LogP contribution in [0.25, 0.3) is 0 Å². The molecule has 0 aromatic heterocycles. The number of amides is 2. The van der Waals surface area contributed by atoms with E-state index in [-0.39, 0.29) is 36.2 Å². The number of carbonyl (C=O) groups is 2. The molecule has 2 saturated heterocycles. The Morgan fingerprint density at radius 3 is 2.44 bits per heavy atom. The topological polar surface area (TPSA) is 70.7 Å². The van der Waals surface area contributed by atoms with Gasteiger partial charge in [-0.25, -0.2) is 0 Å². The monoisotopic (exact) mass is 373 g/mol. The fourth-order valence-corrected chi connectivity index (χ4v) is 4.05. The second-order valence-corrected chi connectivity index (χ2v) is 7.43. The minimum atomic E-state index is 0. The van der Waals surface area contributed by atoms with Crippen LogP contribution in [-0.4, -0.2) is 61.6 Å². The first kappa shape index (κ1) is 20.5. The maximum Gasteiger partial charge on any atom is 0.224 e. The van der Waals surface area contributed by atoms with Gasteiger partial charge >= 0.3 is 0 Å². The van der Waals surface area contributed by atoms with Crippen LogP contribution in [0.1, 0.15) is 51.4 Å². The Bertz CT molecular complexity index is 389.